The molecule has 0 bridgehead atoms. The minimum Gasteiger partial charge on any atom is -0.465 e. The molecule has 2 aromatic heterocycles. The minimum absolute atomic E-state index is 0. The molecule has 0 aliphatic heterocycles. The number of fused-ring (bicyclic) bond motifs is 2. The van der Waals surface area contributed by atoms with Crippen molar-refractivity contribution in [3.63, 3.8) is 0 Å². The van der Waals surface area contributed by atoms with Crippen LogP contribution in [0.4, 0.5) is 0 Å². The fourth-order valence-electron chi connectivity index (χ4n) is 8.31. The largest absolute Gasteiger partial charge is 0.465 e. The van der Waals surface area contributed by atoms with Crippen molar-refractivity contribution in [2.45, 2.75) is 99.6 Å². The monoisotopic (exact) mass is 684 g/mol. The lowest BCUT2D eigenvalue weighted by Crippen LogP contribution is -2.29. The van der Waals surface area contributed by atoms with Crippen molar-refractivity contribution in [1.82, 2.24) is 19.1 Å². The highest BCUT2D eigenvalue weighted by Gasteiger charge is 2.35. The Morgan fingerprint density at radius 3 is 1.38 bits per heavy atom. The Kier molecular flexibility index (Phi) is 11.1. The van der Waals surface area contributed by atoms with Crippen molar-refractivity contribution in [2.75, 3.05) is 14.2 Å². The summed E-state index contributed by atoms with van der Waals surface area (Å²) >= 11 is 12.9. The van der Waals surface area contributed by atoms with Gasteiger partial charge in [0, 0.05) is 12.1 Å². The topological polar surface area (TPSA) is 88.2 Å². The molecule has 2 aliphatic carbocycles. The predicted molar refractivity (Wildman–Crippen MR) is 191 cm³/mol. The Bertz CT molecular complexity index is 1630. The molecule has 47 heavy (non-hydrogen) atoms. The van der Waals surface area contributed by atoms with Gasteiger partial charge in [-0.05, 0) is 121 Å². The number of aromatic nitrogens is 4. The molecule has 2 fully saturated rings. The summed E-state index contributed by atoms with van der Waals surface area (Å²) < 4.78 is 13.8. The Morgan fingerprint density at radius 1 is 0.702 bits per heavy atom. The molecule has 4 atom stereocenters. The summed E-state index contributed by atoms with van der Waals surface area (Å²) in [6, 6.07) is 11.6. The van der Waals surface area contributed by atoms with Gasteiger partial charge in [-0.25, -0.2) is 19.6 Å². The maximum atomic E-state index is 11.7. The quantitative estimate of drug-likeness (QED) is 0.199. The number of halogens is 2. The van der Waals surface area contributed by atoms with E-state index in [1.165, 1.54) is 27.1 Å². The molecular weight excluding hydrogens is 635 g/mol. The molecule has 10 heteroatoms. The number of hydrogen-bond donors (Lipinski definition) is 0. The number of methoxy groups -OCH3 is 2. The predicted octanol–water partition coefficient (Wildman–Crippen LogP) is 10.4. The smallest absolute Gasteiger partial charge is 0.337 e. The van der Waals surface area contributed by atoms with Crippen molar-refractivity contribution in [3.8, 4) is 0 Å². The molecule has 0 amide bonds. The summed E-state index contributed by atoms with van der Waals surface area (Å²) in [7, 11) is 2.76. The van der Waals surface area contributed by atoms with Gasteiger partial charge in [-0.2, -0.15) is 0 Å². The summed E-state index contributed by atoms with van der Waals surface area (Å²) in [6.07, 6.45) is 6.85. The van der Waals surface area contributed by atoms with Gasteiger partial charge in [0.1, 0.15) is 0 Å². The number of hydrogen-bond acceptors (Lipinski definition) is 6. The van der Waals surface area contributed by atoms with Crippen LogP contribution in [0.1, 0.15) is 120 Å². The van der Waals surface area contributed by atoms with Gasteiger partial charge in [0.15, 0.2) is 0 Å². The molecule has 0 radical (unpaired) electrons. The van der Waals surface area contributed by atoms with Crippen molar-refractivity contribution in [3.05, 3.63) is 58.1 Å². The van der Waals surface area contributed by atoms with Crippen molar-refractivity contribution in [1.29, 1.82) is 0 Å². The van der Waals surface area contributed by atoms with Crippen LogP contribution in [0.2, 0.25) is 10.6 Å². The number of carbonyl (C=O) groups is 2. The van der Waals surface area contributed by atoms with Gasteiger partial charge in [-0.3, -0.25) is 0 Å². The van der Waals surface area contributed by atoms with E-state index in [9.17, 15) is 9.59 Å². The van der Waals surface area contributed by atoms with Gasteiger partial charge < -0.3 is 18.6 Å². The van der Waals surface area contributed by atoms with Crippen LogP contribution in [0.25, 0.3) is 22.1 Å². The van der Waals surface area contributed by atoms with Crippen LogP contribution in [0.15, 0.2) is 36.4 Å². The zero-order valence-corrected chi connectivity index (χ0v) is 29.7. The average Bonchev–Trinajstić information content (AvgIpc) is 3.48. The third-order valence-electron chi connectivity index (χ3n) is 9.59. The number of benzene rings is 2. The number of esters is 2. The summed E-state index contributed by atoms with van der Waals surface area (Å²) in [4.78, 5) is 32.3. The first-order valence-electron chi connectivity index (χ1n) is 16.1. The normalized spacial score (nSPS) is 23.4. The van der Waals surface area contributed by atoms with Gasteiger partial charge in [0.2, 0.25) is 10.6 Å². The second-order valence-electron chi connectivity index (χ2n) is 15.0. The first-order chi connectivity index (χ1) is 21.6. The van der Waals surface area contributed by atoms with E-state index in [4.69, 9.17) is 32.7 Å². The van der Waals surface area contributed by atoms with E-state index in [-0.39, 0.29) is 19.4 Å². The van der Waals surface area contributed by atoms with E-state index in [2.05, 4.69) is 60.6 Å². The molecule has 0 spiro atoms. The fourth-order valence-corrected chi connectivity index (χ4v) is 8.95. The molecule has 2 aromatic carbocycles. The molecule has 0 unspecified atom stereocenters. The number of imidazole rings is 2. The molecule has 0 N–H and O–H groups in total. The zero-order chi connectivity index (χ0) is 33.6. The van der Waals surface area contributed by atoms with E-state index >= 15 is 0 Å². The summed E-state index contributed by atoms with van der Waals surface area (Å²) in [5.41, 5.74) is 5.05. The van der Waals surface area contributed by atoms with Crippen LogP contribution in [-0.2, 0) is 9.47 Å². The van der Waals surface area contributed by atoms with Crippen LogP contribution in [0.5, 0.6) is 0 Å². The Morgan fingerprint density at radius 2 is 1.06 bits per heavy atom. The summed E-state index contributed by atoms with van der Waals surface area (Å²) in [6.45, 7) is 13.9. The number of carbonyl (C=O) groups excluding carboxylic acids is 2. The number of rotatable bonds is 4. The minimum atomic E-state index is -0.356. The second kappa shape index (κ2) is 14.2. The third kappa shape index (κ3) is 7.97. The molecular formula is C37H50Cl2N4O4. The highest BCUT2D eigenvalue weighted by atomic mass is 35.5. The van der Waals surface area contributed by atoms with E-state index < -0.39 is 0 Å². The van der Waals surface area contributed by atoms with E-state index in [0.717, 1.165) is 47.8 Å². The lowest BCUT2D eigenvalue weighted by Gasteiger charge is -2.39. The fraction of sp³-hybridized carbons (Fsp3) is 0.568. The molecule has 4 aromatic rings. The Balaban J connectivity index is 0.000000208. The van der Waals surface area contributed by atoms with Crippen molar-refractivity contribution in [2.24, 2.45) is 22.7 Å². The lowest BCUT2D eigenvalue weighted by molar-refractivity contribution is 0.0592. The van der Waals surface area contributed by atoms with Crippen molar-refractivity contribution < 1.29 is 19.1 Å². The molecule has 0 saturated heterocycles. The Labute approximate surface area is 289 Å². The van der Waals surface area contributed by atoms with Crippen LogP contribution >= 0.6 is 23.2 Å². The summed E-state index contributed by atoms with van der Waals surface area (Å²) in [5, 5.41) is 0.994. The second-order valence-corrected chi connectivity index (χ2v) is 15.7. The van der Waals surface area contributed by atoms with Crippen LogP contribution < -0.4 is 0 Å². The molecule has 256 valence electrons. The van der Waals surface area contributed by atoms with Gasteiger partial charge in [0.25, 0.3) is 0 Å². The van der Waals surface area contributed by atoms with Gasteiger partial charge in [0.05, 0.1) is 47.4 Å². The Hall–Kier alpha value is -3.10. The van der Waals surface area contributed by atoms with Crippen LogP contribution in [0.3, 0.4) is 0 Å². The van der Waals surface area contributed by atoms with Crippen LogP contribution in [-0.4, -0.2) is 45.3 Å². The summed E-state index contributed by atoms with van der Waals surface area (Å²) in [5.74, 6) is 0.605. The van der Waals surface area contributed by atoms with Gasteiger partial charge in [-0.15, -0.1) is 0 Å². The molecule has 8 nitrogen and oxygen atoms in total. The average molecular weight is 686 g/mol. The lowest BCUT2D eigenvalue weighted by atomic mass is 9.70. The van der Waals surface area contributed by atoms with Gasteiger partial charge >= 0.3 is 11.9 Å². The SMILES string of the molecule is C.COC(=O)c1ccc2c(c1)nc(Cl)n2[C@@H]1C[C@H](C)CC(C)(C)C1.COC(=O)c1ccc2c(c1)nc(Cl)n2[C@H]1C[C@@H](C)CC(C)(C)C1. The molecule has 2 aliphatic rings. The molecule has 6 rings (SSSR count). The molecule has 2 saturated carbocycles. The highest BCUT2D eigenvalue weighted by Crippen LogP contribution is 2.47. The van der Waals surface area contributed by atoms with E-state index in [1.807, 2.05) is 12.1 Å². The molecule has 2 heterocycles. The standard InChI is InChI=1S/2C18H23ClN2O2.CH4/c2*1-11-7-13(10-18(2,3)9-11)21-15-6-5-12(16(22)23-4)8-14(15)20-17(21)19;/h2*5-6,8,11,13H,7,9-10H2,1-4H3;1H4/t2*11-,13+;/m10./s1. The highest BCUT2D eigenvalue weighted by molar-refractivity contribution is 6.29. The number of nitrogens with zero attached hydrogens (tertiary/aromatic N) is 4. The first kappa shape index (κ1) is 36.7. The zero-order valence-electron chi connectivity index (χ0n) is 28.2. The third-order valence-corrected chi connectivity index (χ3v) is 10.1. The first-order valence-corrected chi connectivity index (χ1v) is 16.9. The number of ether oxygens (including phenoxy) is 2. The maximum absolute atomic E-state index is 11.7. The van der Waals surface area contributed by atoms with Crippen molar-refractivity contribution >= 4 is 57.2 Å². The van der Waals surface area contributed by atoms with Gasteiger partial charge in [-0.1, -0.05) is 49.0 Å². The maximum Gasteiger partial charge on any atom is 0.337 e. The van der Waals surface area contributed by atoms with E-state index in [0.29, 0.717) is 56.4 Å². The van der Waals surface area contributed by atoms with E-state index in [1.54, 1.807) is 24.3 Å². The van der Waals surface area contributed by atoms with Crippen LogP contribution in [0, 0.1) is 22.7 Å².